The molecule has 0 aliphatic carbocycles. The number of amides is 2. The van der Waals surface area contributed by atoms with Gasteiger partial charge >= 0.3 is 6.03 Å². The molecule has 2 aromatic rings. The molecule has 2 saturated heterocycles. The Morgan fingerprint density at radius 3 is 2.15 bits per heavy atom. The number of hydrogen-bond acceptors (Lipinski definition) is 4. The van der Waals surface area contributed by atoms with Crippen molar-refractivity contribution in [3.8, 4) is 0 Å². The van der Waals surface area contributed by atoms with E-state index in [2.05, 4.69) is 45.2 Å². The minimum Gasteiger partial charge on any atom is -0.337 e. The van der Waals surface area contributed by atoms with Gasteiger partial charge in [0, 0.05) is 51.7 Å². The van der Waals surface area contributed by atoms with Crippen molar-refractivity contribution in [3.63, 3.8) is 0 Å². The van der Waals surface area contributed by atoms with Gasteiger partial charge < -0.3 is 14.7 Å². The first-order chi connectivity index (χ1) is 13.3. The van der Waals surface area contributed by atoms with E-state index in [1.807, 2.05) is 15.9 Å². The van der Waals surface area contributed by atoms with Crippen LogP contribution in [0.5, 0.6) is 0 Å². The van der Waals surface area contributed by atoms with Gasteiger partial charge in [0.05, 0.1) is 0 Å². The second-order valence-electron chi connectivity index (χ2n) is 7.43. The minimum atomic E-state index is 0.196. The molecular formula is C21H27N5O. The molecule has 2 aliphatic rings. The highest BCUT2D eigenvalue weighted by atomic mass is 16.2. The van der Waals surface area contributed by atoms with Crippen molar-refractivity contribution in [2.45, 2.75) is 19.3 Å². The maximum absolute atomic E-state index is 12.9. The molecule has 3 heterocycles. The molecule has 0 radical (unpaired) electrons. The Bertz CT molecular complexity index is 723. The van der Waals surface area contributed by atoms with Crippen LogP contribution in [-0.2, 0) is 6.42 Å². The summed E-state index contributed by atoms with van der Waals surface area (Å²) in [5.74, 6) is 1.44. The summed E-state index contributed by atoms with van der Waals surface area (Å²) >= 11 is 0. The van der Waals surface area contributed by atoms with Gasteiger partial charge in [-0.3, -0.25) is 0 Å². The lowest BCUT2D eigenvalue weighted by molar-refractivity contribution is 0.130. The molecule has 0 N–H and O–H groups in total. The van der Waals surface area contributed by atoms with Gasteiger partial charge in [0.2, 0.25) is 5.95 Å². The third kappa shape index (κ3) is 4.38. The number of urea groups is 1. The Morgan fingerprint density at radius 2 is 1.48 bits per heavy atom. The predicted molar refractivity (Wildman–Crippen MR) is 106 cm³/mol. The maximum atomic E-state index is 12.9. The summed E-state index contributed by atoms with van der Waals surface area (Å²) in [7, 11) is 0. The van der Waals surface area contributed by atoms with Crippen LogP contribution in [-0.4, -0.2) is 65.1 Å². The Balaban J connectivity index is 1.24. The molecule has 6 heteroatoms. The molecule has 6 nitrogen and oxygen atoms in total. The quantitative estimate of drug-likeness (QED) is 0.839. The zero-order valence-corrected chi connectivity index (χ0v) is 15.7. The molecule has 142 valence electrons. The molecule has 0 saturated carbocycles. The van der Waals surface area contributed by atoms with Crippen LogP contribution >= 0.6 is 0 Å². The van der Waals surface area contributed by atoms with E-state index in [1.165, 1.54) is 5.56 Å². The van der Waals surface area contributed by atoms with E-state index in [9.17, 15) is 4.79 Å². The van der Waals surface area contributed by atoms with Gasteiger partial charge in [-0.15, -0.1) is 0 Å². The van der Waals surface area contributed by atoms with Gasteiger partial charge in [-0.25, -0.2) is 14.8 Å². The van der Waals surface area contributed by atoms with Gasteiger partial charge in [-0.05, 0) is 36.8 Å². The van der Waals surface area contributed by atoms with E-state index in [-0.39, 0.29) is 6.03 Å². The normalized spacial score (nSPS) is 18.6. The lowest BCUT2D eigenvalue weighted by Gasteiger charge is -2.39. The second kappa shape index (κ2) is 8.37. The van der Waals surface area contributed by atoms with Crippen LogP contribution in [0.4, 0.5) is 10.7 Å². The first-order valence-electron chi connectivity index (χ1n) is 9.89. The number of piperidine rings is 1. The highest BCUT2D eigenvalue weighted by molar-refractivity contribution is 5.75. The summed E-state index contributed by atoms with van der Waals surface area (Å²) < 4.78 is 0. The van der Waals surface area contributed by atoms with E-state index in [0.717, 1.165) is 64.5 Å². The van der Waals surface area contributed by atoms with Crippen LogP contribution in [0.15, 0.2) is 48.8 Å². The van der Waals surface area contributed by atoms with Crippen molar-refractivity contribution >= 4 is 12.0 Å². The Hall–Kier alpha value is -2.63. The van der Waals surface area contributed by atoms with Gasteiger partial charge in [-0.2, -0.15) is 0 Å². The SMILES string of the molecule is O=C(N1CCC(Cc2ccccc2)CC1)N1CCN(c2ncccn2)CC1. The van der Waals surface area contributed by atoms with E-state index in [4.69, 9.17) is 0 Å². The molecule has 2 aliphatic heterocycles. The lowest BCUT2D eigenvalue weighted by atomic mass is 9.90. The first-order valence-corrected chi connectivity index (χ1v) is 9.89. The number of aromatic nitrogens is 2. The average molecular weight is 365 g/mol. The fourth-order valence-corrected chi connectivity index (χ4v) is 4.03. The molecule has 1 aromatic heterocycles. The molecule has 1 aromatic carbocycles. The predicted octanol–water partition coefficient (Wildman–Crippen LogP) is 2.67. The van der Waals surface area contributed by atoms with E-state index < -0.39 is 0 Å². The highest BCUT2D eigenvalue weighted by Crippen LogP contribution is 2.23. The van der Waals surface area contributed by atoms with Crippen molar-refractivity contribution in [2.75, 3.05) is 44.2 Å². The number of carbonyl (C=O) groups excluding carboxylic acids is 1. The van der Waals surface area contributed by atoms with Gasteiger partial charge in [-0.1, -0.05) is 30.3 Å². The molecule has 0 spiro atoms. The molecule has 0 atom stereocenters. The van der Waals surface area contributed by atoms with Crippen molar-refractivity contribution in [3.05, 3.63) is 54.4 Å². The van der Waals surface area contributed by atoms with E-state index in [1.54, 1.807) is 12.4 Å². The summed E-state index contributed by atoms with van der Waals surface area (Å²) in [6.45, 7) is 4.80. The van der Waals surface area contributed by atoms with Gasteiger partial charge in [0.1, 0.15) is 0 Å². The van der Waals surface area contributed by atoms with Gasteiger partial charge in [0.25, 0.3) is 0 Å². The number of likely N-dealkylation sites (tertiary alicyclic amines) is 1. The lowest BCUT2D eigenvalue weighted by Crippen LogP contribution is -2.54. The van der Waals surface area contributed by atoms with Crippen LogP contribution in [0.2, 0.25) is 0 Å². The number of piperazine rings is 1. The average Bonchev–Trinajstić information content (AvgIpc) is 2.75. The van der Waals surface area contributed by atoms with Crippen LogP contribution in [0.3, 0.4) is 0 Å². The Morgan fingerprint density at radius 1 is 0.852 bits per heavy atom. The van der Waals surface area contributed by atoms with Crippen LogP contribution in [0.25, 0.3) is 0 Å². The van der Waals surface area contributed by atoms with E-state index >= 15 is 0 Å². The first kappa shape index (κ1) is 17.8. The highest BCUT2D eigenvalue weighted by Gasteiger charge is 2.29. The number of benzene rings is 1. The summed E-state index contributed by atoms with van der Waals surface area (Å²) in [5.41, 5.74) is 1.40. The van der Waals surface area contributed by atoms with E-state index in [0.29, 0.717) is 5.92 Å². The molecule has 27 heavy (non-hydrogen) atoms. The summed E-state index contributed by atoms with van der Waals surface area (Å²) in [6, 6.07) is 12.7. The van der Waals surface area contributed by atoms with Crippen molar-refractivity contribution < 1.29 is 4.79 Å². The summed E-state index contributed by atoms with van der Waals surface area (Å²) in [4.78, 5) is 27.6. The largest absolute Gasteiger partial charge is 0.337 e. The topological polar surface area (TPSA) is 52.6 Å². The molecule has 2 fully saturated rings. The van der Waals surface area contributed by atoms with Crippen LogP contribution in [0, 0.1) is 5.92 Å². The minimum absolute atomic E-state index is 0.196. The van der Waals surface area contributed by atoms with Crippen molar-refractivity contribution in [2.24, 2.45) is 5.92 Å². The fourth-order valence-electron chi connectivity index (χ4n) is 4.03. The molecule has 0 bridgehead atoms. The zero-order valence-electron chi connectivity index (χ0n) is 15.7. The molecular weight excluding hydrogens is 338 g/mol. The third-order valence-electron chi connectivity index (χ3n) is 5.64. The summed E-state index contributed by atoms with van der Waals surface area (Å²) in [6.07, 6.45) is 6.84. The maximum Gasteiger partial charge on any atom is 0.320 e. The number of nitrogens with zero attached hydrogens (tertiary/aromatic N) is 5. The molecule has 0 unspecified atom stereocenters. The Labute approximate surface area is 160 Å². The third-order valence-corrected chi connectivity index (χ3v) is 5.64. The zero-order chi connectivity index (χ0) is 18.5. The fraction of sp³-hybridized carbons (Fsp3) is 0.476. The number of anilines is 1. The second-order valence-corrected chi connectivity index (χ2v) is 7.43. The monoisotopic (exact) mass is 365 g/mol. The van der Waals surface area contributed by atoms with Crippen molar-refractivity contribution in [1.29, 1.82) is 0 Å². The van der Waals surface area contributed by atoms with Crippen molar-refractivity contribution in [1.82, 2.24) is 19.8 Å². The van der Waals surface area contributed by atoms with Gasteiger partial charge in [0.15, 0.2) is 0 Å². The molecule has 2 amide bonds. The number of rotatable bonds is 3. The standard InChI is InChI=1S/C21H27N5O/c27-21(26-15-13-24(14-16-26)20-22-9-4-10-23-20)25-11-7-19(8-12-25)17-18-5-2-1-3-6-18/h1-6,9-10,19H,7-8,11-17H2. The van der Waals surface area contributed by atoms with Crippen LogP contribution in [0.1, 0.15) is 18.4 Å². The smallest absolute Gasteiger partial charge is 0.320 e. The number of hydrogen-bond donors (Lipinski definition) is 0. The Kier molecular flexibility index (Phi) is 5.51. The molecule has 4 rings (SSSR count). The number of carbonyl (C=O) groups is 1. The summed E-state index contributed by atoms with van der Waals surface area (Å²) in [5, 5.41) is 0. The van der Waals surface area contributed by atoms with Crippen LogP contribution < -0.4 is 4.90 Å².